The van der Waals surface area contributed by atoms with E-state index in [-0.39, 0.29) is 18.8 Å². The standard InChI is InChI=1S/C28H29N3O6S/c32-18-29-28(17-36-19-33)26(35)31-23(22(16-38-27(28)31)30-14-8-3-9-15-30)25(34)37-24(20-10-4-1-5-11-20)21-12-6-2-7-13-21/h1-2,4-7,10-13,18-19,24,27H,3,8-9,14-17H2,(H,29,32)/t27-,28?/m0/s1. The summed E-state index contributed by atoms with van der Waals surface area (Å²) in [6.07, 6.45) is 2.84. The van der Waals surface area contributed by atoms with Gasteiger partial charge in [-0.2, -0.15) is 0 Å². The number of β-lactam (4-membered cyclic amide) rings is 1. The summed E-state index contributed by atoms with van der Waals surface area (Å²) in [7, 11) is 0. The molecule has 0 aliphatic carbocycles. The van der Waals surface area contributed by atoms with Gasteiger partial charge in [0.25, 0.3) is 12.4 Å². The molecule has 0 saturated carbocycles. The average Bonchev–Trinajstić information content (AvgIpc) is 2.98. The van der Waals surface area contributed by atoms with Crippen LogP contribution >= 0.6 is 11.8 Å². The first-order valence-corrected chi connectivity index (χ1v) is 13.7. The number of thioether (sulfide) groups is 1. The lowest BCUT2D eigenvalue weighted by Gasteiger charge is -2.57. The smallest absolute Gasteiger partial charge is 0.357 e. The van der Waals surface area contributed by atoms with Crippen LogP contribution < -0.4 is 5.32 Å². The van der Waals surface area contributed by atoms with Crippen molar-refractivity contribution in [3.8, 4) is 0 Å². The zero-order chi connectivity index (χ0) is 26.5. The third-order valence-electron chi connectivity index (χ3n) is 7.20. The van der Waals surface area contributed by atoms with Crippen molar-refractivity contribution in [2.75, 3.05) is 25.4 Å². The van der Waals surface area contributed by atoms with Crippen LogP contribution in [0.25, 0.3) is 0 Å². The van der Waals surface area contributed by atoms with Crippen molar-refractivity contribution in [1.82, 2.24) is 15.1 Å². The number of amides is 2. The number of piperidine rings is 1. The summed E-state index contributed by atoms with van der Waals surface area (Å²) in [6.45, 7) is 1.49. The number of nitrogens with one attached hydrogen (secondary N) is 1. The highest BCUT2D eigenvalue weighted by atomic mass is 32.2. The van der Waals surface area contributed by atoms with Gasteiger partial charge >= 0.3 is 5.97 Å². The number of hydrogen-bond acceptors (Lipinski definition) is 8. The molecule has 0 bridgehead atoms. The highest BCUT2D eigenvalue weighted by Gasteiger charge is 2.66. The Labute approximate surface area is 225 Å². The van der Waals surface area contributed by atoms with Crippen molar-refractivity contribution in [2.24, 2.45) is 0 Å². The minimum atomic E-state index is -1.44. The number of fused-ring (bicyclic) bond motifs is 1. The summed E-state index contributed by atoms with van der Waals surface area (Å²) in [5, 5.41) is 1.94. The predicted octanol–water partition coefficient (Wildman–Crippen LogP) is 2.59. The van der Waals surface area contributed by atoms with Crippen LogP contribution in [0.3, 0.4) is 0 Å². The minimum Gasteiger partial charge on any atom is -0.465 e. The van der Waals surface area contributed by atoms with Crippen LogP contribution in [0.15, 0.2) is 72.1 Å². The van der Waals surface area contributed by atoms with E-state index in [2.05, 4.69) is 10.2 Å². The molecule has 3 heterocycles. The van der Waals surface area contributed by atoms with Gasteiger partial charge in [-0.25, -0.2) is 4.79 Å². The van der Waals surface area contributed by atoms with Gasteiger partial charge in [0.15, 0.2) is 17.3 Å². The van der Waals surface area contributed by atoms with Crippen LogP contribution in [0.2, 0.25) is 0 Å². The third-order valence-corrected chi connectivity index (χ3v) is 8.57. The molecular weight excluding hydrogens is 506 g/mol. The molecule has 9 nitrogen and oxygen atoms in total. The Balaban J connectivity index is 1.53. The lowest BCUT2D eigenvalue weighted by Crippen LogP contribution is -2.81. The molecule has 10 heteroatoms. The van der Waals surface area contributed by atoms with Gasteiger partial charge in [-0.3, -0.25) is 19.3 Å². The number of carbonyl (C=O) groups excluding carboxylic acids is 4. The van der Waals surface area contributed by atoms with E-state index >= 15 is 0 Å². The van der Waals surface area contributed by atoms with Gasteiger partial charge in [-0.15, -0.1) is 11.8 Å². The second kappa shape index (κ2) is 11.3. The van der Waals surface area contributed by atoms with E-state index in [1.807, 2.05) is 60.7 Å². The first-order chi connectivity index (χ1) is 18.6. The van der Waals surface area contributed by atoms with Crippen LogP contribution in [0.5, 0.6) is 0 Å². The van der Waals surface area contributed by atoms with Crippen molar-refractivity contribution in [3.63, 3.8) is 0 Å². The Morgan fingerprint density at radius 2 is 1.66 bits per heavy atom. The van der Waals surface area contributed by atoms with E-state index in [0.717, 1.165) is 49.2 Å². The number of benzene rings is 2. The molecule has 0 radical (unpaired) electrons. The lowest BCUT2D eigenvalue weighted by atomic mass is 9.87. The van der Waals surface area contributed by atoms with Crippen LogP contribution in [0, 0.1) is 0 Å². The number of esters is 1. The molecule has 0 spiro atoms. The Morgan fingerprint density at radius 1 is 1.03 bits per heavy atom. The van der Waals surface area contributed by atoms with Crippen LogP contribution in [-0.2, 0) is 28.7 Å². The molecule has 5 rings (SSSR count). The van der Waals surface area contributed by atoms with Crippen LogP contribution in [0.1, 0.15) is 36.5 Å². The summed E-state index contributed by atoms with van der Waals surface area (Å²) in [4.78, 5) is 53.6. The molecule has 1 N–H and O–H groups in total. The van der Waals surface area contributed by atoms with Gasteiger partial charge < -0.3 is 19.7 Å². The highest BCUT2D eigenvalue weighted by molar-refractivity contribution is 8.00. The zero-order valence-electron chi connectivity index (χ0n) is 20.8. The predicted molar refractivity (Wildman–Crippen MR) is 140 cm³/mol. The second-order valence-corrected chi connectivity index (χ2v) is 10.5. The fourth-order valence-corrected chi connectivity index (χ4v) is 6.84. The SMILES string of the molecule is O=CNC1(COC=O)C(=O)N2C(C(=O)OC(c3ccccc3)c3ccccc3)=C(N3CCCCC3)CS[C@H]21. The van der Waals surface area contributed by atoms with Crippen LogP contribution in [-0.4, -0.2) is 70.9 Å². The summed E-state index contributed by atoms with van der Waals surface area (Å²) < 4.78 is 11.1. The quantitative estimate of drug-likeness (QED) is 0.281. The van der Waals surface area contributed by atoms with Crippen molar-refractivity contribution in [1.29, 1.82) is 0 Å². The third kappa shape index (κ3) is 4.64. The van der Waals surface area contributed by atoms with Crippen molar-refractivity contribution >= 4 is 36.5 Å². The van der Waals surface area contributed by atoms with E-state index in [9.17, 15) is 19.2 Å². The van der Waals surface area contributed by atoms with Gasteiger partial charge in [0.1, 0.15) is 12.0 Å². The molecule has 3 aliphatic heterocycles. The number of rotatable bonds is 10. The molecule has 198 valence electrons. The number of ether oxygens (including phenoxy) is 2. The van der Waals surface area contributed by atoms with Crippen molar-refractivity contribution in [3.05, 3.63) is 83.2 Å². The lowest BCUT2D eigenvalue weighted by molar-refractivity contribution is -0.165. The van der Waals surface area contributed by atoms with E-state index in [1.54, 1.807) is 0 Å². The fraction of sp³-hybridized carbons (Fsp3) is 0.357. The van der Waals surface area contributed by atoms with Crippen LogP contribution in [0.4, 0.5) is 0 Å². The molecule has 2 aromatic carbocycles. The fourth-order valence-electron chi connectivity index (χ4n) is 5.33. The molecule has 1 unspecified atom stereocenters. The van der Waals surface area contributed by atoms with Gasteiger partial charge in [0.05, 0.1) is 5.70 Å². The summed E-state index contributed by atoms with van der Waals surface area (Å²) in [6, 6.07) is 18.9. The normalized spacial score (nSPS) is 22.9. The van der Waals surface area contributed by atoms with Gasteiger partial charge in [-0.1, -0.05) is 60.7 Å². The molecule has 2 aromatic rings. The minimum absolute atomic E-state index is 0.187. The number of nitrogens with zero attached hydrogens (tertiary/aromatic N) is 2. The molecule has 2 fully saturated rings. The van der Waals surface area contributed by atoms with E-state index in [0.29, 0.717) is 12.2 Å². The molecule has 2 saturated heterocycles. The first kappa shape index (κ1) is 25.8. The molecule has 2 amide bonds. The van der Waals surface area contributed by atoms with Gasteiger partial charge in [0, 0.05) is 18.8 Å². The van der Waals surface area contributed by atoms with E-state index in [1.165, 1.54) is 16.7 Å². The molecule has 0 aromatic heterocycles. The highest BCUT2D eigenvalue weighted by Crippen LogP contribution is 2.47. The maximum atomic E-state index is 14.0. The largest absolute Gasteiger partial charge is 0.465 e. The molecule has 3 aliphatic rings. The maximum Gasteiger partial charge on any atom is 0.357 e. The van der Waals surface area contributed by atoms with Gasteiger partial charge in [0.2, 0.25) is 6.41 Å². The Hall–Kier alpha value is -3.79. The van der Waals surface area contributed by atoms with Crippen molar-refractivity contribution < 1.29 is 28.7 Å². The summed E-state index contributed by atoms with van der Waals surface area (Å²) in [5.41, 5.74) is 1.11. The zero-order valence-corrected chi connectivity index (χ0v) is 21.6. The van der Waals surface area contributed by atoms with E-state index < -0.39 is 28.9 Å². The van der Waals surface area contributed by atoms with E-state index in [4.69, 9.17) is 9.47 Å². The Morgan fingerprint density at radius 3 is 2.24 bits per heavy atom. The number of hydrogen-bond donors (Lipinski definition) is 1. The monoisotopic (exact) mass is 535 g/mol. The maximum absolute atomic E-state index is 14.0. The summed E-state index contributed by atoms with van der Waals surface area (Å²) in [5.74, 6) is -0.678. The van der Waals surface area contributed by atoms with Crippen molar-refractivity contribution in [2.45, 2.75) is 36.3 Å². The molecule has 2 atom stereocenters. The number of likely N-dealkylation sites (tertiary alicyclic amines) is 1. The average molecular weight is 536 g/mol. The second-order valence-electron chi connectivity index (χ2n) is 9.43. The first-order valence-electron chi connectivity index (χ1n) is 12.6. The summed E-state index contributed by atoms with van der Waals surface area (Å²) >= 11 is 1.43. The number of carbonyl (C=O) groups is 4. The van der Waals surface area contributed by atoms with Gasteiger partial charge in [-0.05, 0) is 30.4 Å². The Kier molecular flexibility index (Phi) is 7.69. The topological polar surface area (TPSA) is 105 Å². The molecular formula is C28H29N3O6S. The Bertz CT molecular complexity index is 1180. The molecule has 38 heavy (non-hydrogen) atoms.